The maximum atomic E-state index is 12.6. The van der Waals surface area contributed by atoms with Crippen molar-refractivity contribution in [3.63, 3.8) is 0 Å². The first kappa shape index (κ1) is 17.2. The minimum Gasteiger partial charge on any atom is -0.366 e. The second-order valence-corrected chi connectivity index (χ2v) is 6.92. The molecule has 25 heavy (non-hydrogen) atoms. The van der Waals surface area contributed by atoms with E-state index in [2.05, 4.69) is 5.32 Å². The first-order chi connectivity index (χ1) is 12.0. The van der Waals surface area contributed by atoms with Gasteiger partial charge in [0.2, 0.25) is 11.8 Å². The van der Waals surface area contributed by atoms with E-state index in [1.165, 1.54) is 17.4 Å². The van der Waals surface area contributed by atoms with Gasteiger partial charge in [-0.2, -0.15) is 0 Å². The monoisotopic (exact) mass is 357 g/mol. The highest BCUT2D eigenvalue weighted by Crippen LogP contribution is 2.23. The summed E-state index contributed by atoms with van der Waals surface area (Å²) in [5.41, 5.74) is 6.32. The number of carbonyl (C=O) groups is 3. The third-order valence-electron chi connectivity index (χ3n) is 4.22. The van der Waals surface area contributed by atoms with Gasteiger partial charge < -0.3 is 16.0 Å². The van der Waals surface area contributed by atoms with Crippen LogP contribution < -0.4 is 11.1 Å². The fraction of sp³-hybridized carbons (Fsp3) is 0.278. The molecule has 3 amide bonds. The molecule has 0 saturated carbocycles. The molecular weight excluding hydrogens is 338 g/mol. The van der Waals surface area contributed by atoms with Crippen LogP contribution in [0.3, 0.4) is 0 Å². The van der Waals surface area contributed by atoms with Gasteiger partial charge in [-0.1, -0.05) is 18.2 Å². The molecule has 1 aromatic heterocycles. The highest BCUT2D eigenvalue weighted by Gasteiger charge is 2.29. The van der Waals surface area contributed by atoms with Crippen LogP contribution in [-0.2, 0) is 4.79 Å². The average molecular weight is 357 g/mol. The van der Waals surface area contributed by atoms with Crippen LogP contribution in [0, 0.1) is 5.92 Å². The van der Waals surface area contributed by atoms with E-state index >= 15 is 0 Å². The molecule has 1 aromatic carbocycles. The Morgan fingerprint density at radius 1 is 1.20 bits per heavy atom. The van der Waals surface area contributed by atoms with E-state index in [0.717, 1.165) is 18.5 Å². The van der Waals surface area contributed by atoms with Gasteiger partial charge in [-0.3, -0.25) is 14.4 Å². The first-order valence-electron chi connectivity index (χ1n) is 8.08. The van der Waals surface area contributed by atoms with Crippen molar-refractivity contribution >= 4 is 34.7 Å². The van der Waals surface area contributed by atoms with Crippen LogP contribution in [0.15, 0.2) is 41.8 Å². The zero-order chi connectivity index (χ0) is 17.8. The van der Waals surface area contributed by atoms with E-state index in [4.69, 9.17) is 5.73 Å². The molecule has 1 aliphatic heterocycles. The smallest absolute Gasteiger partial charge is 0.263 e. The lowest BCUT2D eigenvalue weighted by Gasteiger charge is -2.31. The molecule has 3 N–H and O–H groups in total. The fourth-order valence-electron chi connectivity index (χ4n) is 2.87. The van der Waals surface area contributed by atoms with E-state index in [0.29, 0.717) is 23.5 Å². The Kier molecular flexibility index (Phi) is 5.14. The highest BCUT2D eigenvalue weighted by atomic mass is 32.1. The van der Waals surface area contributed by atoms with Gasteiger partial charge in [0, 0.05) is 24.2 Å². The van der Waals surface area contributed by atoms with Gasteiger partial charge in [0.15, 0.2) is 0 Å². The second kappa shape index (κ2) is 7.48. The molecule has 0 spiro atoms. The van der Waals surface area contributed by atoms with E-state index in [-0.39, 0.29) is 17.7 Å². The number of benzene rings is 1. The Bertz CT molecular complexity index is 788. The van der Waals surface area contributed by atoms with E-state index < -0.39 is 5.91 Å². The van der Waals surface area contributed by atoms with Gasteiger partial charge in [-0.25, -0.2) is 0 Å². The van der Waals surface area contributed by atoms with Crippen molar-refractivity contribution in [2.45, 2.75) is 12.8 Å². The summed E-state index contributed by atoms with van der Waals surface area (Å²) in [6.07, 6.45) is 1.52. The molecule has 0 bridgehead atoms. The molecular formula is C18H19N3O3S. The molecule has 1 atom stereocenters. The number of primary amides is 1. The molecule has 2 aromatic rings. The number of anilines is 1. The number of likely N-dealkylation sites (tertiary alicyclic amines) is 1. The molecule has 3 rings (SSSR count). The lowest BCUT2D eigenvalue weighted by atomic mass is 9.97. The minimum absolute atomic E-state index is 0.0762. The predicted molar refractivity (Wildman–Crippen MR) is 96.5 cm³/mol. The predicted octanol–water partition coefficient (Wildman–Crippen LogP) is 2.34. The molecule has 1 aliphatic rings. The molecule has 6 nitrogen and oxygen atoms in total. The molecule has 2 heterocycles. The van der Waals surface area contributed by atoms with Crippen molar-refractivity contribution in [1.82, 2.24) is 4.90 Å². The number of piperidine rings is 1. The van der Waals surface area contributed by atoms with Crippen LogP contribution >= 0.6 is 11.3 Å². The van der Waals surface area contributed by atoms with Crippen molar-refractivity contribution < 1.29 is 14.4 Å². The maximum absolute atomic E-state index is 12.6. The maximum Gasteiger partial charge on any atom is 0.263 e. The topological polar surface area (TPSA) is 92.5 Å². The molecule has 7 heteroatoms. The zero-order valence-corrected chi connectivity index (χ0v) is 14.4. The van der Waals surface area contributed by atoms with Gasteiger partial charge in [-0.15, -0.1) is 11.3 Å². The van der Waals surface area contributed by atoms with Gasteiger partial charge in [0.25, 0.3) is 5.91 Å². The molecule has 130 valence electrons. The number of rotatable bonds is 4. The molecule has 0 radical (unpaired) electrons. The fourth-order valence-corrected chi connectivity index (χ4v) is 3.74. The summed E-state index contributed by atoms with van der Waals surface area (Å²) < 4.78 is 0. The van der Waals surface area contributed by atoms with Crippen LogP contribution in [-0.4, -0.2) is 35.7 Å². The van der Waals surface area contributed by atoms with Gasteiger partial charge in [-0.05, 0) is 31.0 Å². The summed E-state index contributed by atoms with van der Waals surface area (Å²) in [5, 5.41) is 4.48. The number of amides is 3. The van der Waals surface area contributed by atoms with E-state index in [1.807, 2.05) is 30.3 Å². The summed E-state index contributed by atoms with van der Waals surface area (Å²) >= 11 is 1.20. The van der Waals surface area contributed by atoms with Crippen LogP contribution in [0.2, 0.25) is 0 Å². The van der Waals surface area contributed by atoms with E-state index in [9.17, 15) is 14.4 Å². The first-order valence-corrected chi connectivity index (χ1v) is 8.96. The molecule has 0 aliphatic carbocycles. The Labute approximate surface area is 149 Å². The highest BCUT2D eigenvalue weighted by molar-refractivity contribution is 7.12. The normalized spacial score (nSPS) is 17.1. The minimum atomic E-state index is -0.547. The lowest BCUT2D eigenvalue weighted by Crippen LogP contribution is -2.43. The van der Waals surface area contributed by atoms with Crippen LogP contribution in [0.5, 0.6) is 0 Å². The van der Waals surface area contributed by atoms with Gasteiger partial charge >= 0.3 is 0 Å². The van der Waals surface area contributed by atoms with Gasteiger partial charge in [0.1, 0.15) is 0 Å². The second-order valence-electron chi connectivity index (χ2n) is 6.01. The Balaban J connectivity index is 1.64. The van der Waals surface area contributed by atoms with Crippen LogP contribution in [0.1, 0.15) is 32.9 Å². The largest absolute Gasteiger partial charge is 0.366 e. The average Bonchev–Trinajstić information content (AvgIpc) is 3.12. The lowest BCUT2D eigenvalue weighted by molar-refractivity contribution is -0.121. The van der Waals surface area contributed by atoms with Crippen LogP contribution in [0.4, 0.5) is 5.69 Å². The number of carbonyl (C=O) groups excluding carboxylic acids is 3. The van der Waals surface area contributed by atoms with Crippen molar-refractivity contribution in [1.29, 1.82) is 0 Å². The van der Waals surface area contributed by atoms with E-state index in [1.54, 1.807) is 10.3 Å². The Morgan fingerprint density at radius 2 is 1.96 bits per heavy atom. The number of thiophene rings is 1. The van der Waals surface area contributed by atoms with Gasteiger partial charge in [0.05, 0.1) is 16.4 Å². The number of nitrogens with one attached hydrogen (secondary N) is 1. The Hall–Kier alpha value is -2.67. The van der Waals surface area contributed by atoms with Crippen LogP contribution in [0.25, 0.3) is 0 Å². The number of hydrogen-bond acceptors (Lipinski definition) is 4. The number of para-hydroxylation sites is 1. The van der Waals surface area contributed by atoms with Crippen molar-refractivity contribution in [3.8, 4) is 0 Å². The molecule has 1 fully saturated rings. The summed E-state index contributed by atoms with van der Waals surface area (Å²) in [6, 6.07) is 10.8. The third-order valence-corrected chi connectivity index (χ3v) is 5.13. The summed E-state index contributed by atoms with van der Waals surface area (Å²) in [5.74, 6) is -1.02. The summed E-state index contributed by atoms with van der Waals surface area (Å²) in [7, 11) is 0. The molecule has 1 saturated heterocycles. The number of nitrogens with zero attached hydrogens (tertiary/aromatic N) is 1. The van der Waals surface area contributed by atoms with Crippen molar-refractivity contribution in [2.75, 3.05) is 18.4 Å². The number of hydrogen-bond donors (Lipinski definition) is 2. The van der Waals surface area contributed by atoms with Crippen molar-refractivity contribution in [2.24, 2.45) is 11.7 Å². The Morgan fingerprint density at radius 3 is 2.64 bits per heavy atom. The SMILES string of the molecule is NC(=O)c1csc(C(=O)N2CCCC(C(=O)Nc3ccccc3)C2)c1. The zero-order valence-electron chi connectivity index (χ0n) is 13.6. The molecule has 1 unspecified atom stereocenters. The number of nitrogens with two attached hydrogens (primary N) is 1. The standard InChI is InChI=1S/C18H19N3O3S/c19-16(22)13-9-15(25-11-13)18(24)21-8-4-5-12(10-21)17(23)20-14-6-2-1-3-7-14/h1-3,6-7,9,11-12H,4-5,8,10H2,(H2,19,22)(H,20,23). The summed E-state index contributed by atoms with van der Waals surface area (Å²) in [4.78, 5) is 38.4. The summed E-state index contributed by atoms with van der Waals surface area (Å²) in [6.45, 7) is 0.985. The van der Waals surface area contributed by atoms with Crippen molar-refractivity contribution in [3.05, 3.63) is 52.2 Å². The quantitative estimate of drug-likeness (QED) is 0.879. The third kappa shape index (κ3) is 4.06.